The maximum absolute atomic E-state index is 12.6. The first-order valence-corrected chi connectivity index (χ1v) is 8.12. The van der Waals surface area contributed by atoms with E-state index in [1.165, 1.54) is 12.8 Å². The first-order chi connectivity index (χ1) is 9.99. The molecular weight excluding hydrogens is 284 g/mol. The fraction of sp³-hybridized carbons (Fsp3) is 0.588. The normalized spacial score (nSPS) is 17.2. The molecule has 1 saturated heterocycles. The second-order valence-electron chi connectivity index (χ2n) is 6.24. The second-order valence-corrected chi connectivity index (χ2v) is 6.68. The van der Waals surface area contributed by atoms with E-state index < -0.39 is 0 Å². The van der Waals surface area contributed by atoms with Gasteiger partial charge in [0.05, 0.1) is 0 Å². The first-order valence-electron chi connectivity index (χ1n) is 7.74. The summed E-state index contributed by atoms with van der Waals surface area (Å²) in [5.74, 6) is 0.511. The van der Waals surface area contributed by atoms with E-state index in [2.05, 4.69) is 18.7 Å². The molecule has 0 aliphatic carbocycles. The maximum atomic E-state index is 12.6. The Bertz CT molecular complexity index is 466. The molecule has 0 saturated carbocycles. The molecule has 2 rings (SSSR count). The van der Waals surface area contributed by atoms with Crippen LogP contribution in [0, 0.1) is 5.92 Å². The Kier molecular flexibility index (Phi) is 5.65. The molecule has 21 heavy (non-hydrogen) atoms. The highest BCUT2D eigenvalue weighted by Crippen LogP contribution is 2.18. The number of benzene rings is 1. The third kappa shape index (κ3) is 4.21. The number of hydrogen-bond acceptors (Lipinski definition) is 2. The summed E-state index contributed by atoms with van der Waals surface area (Å²) >= 11 is 5.89. The quantitative estimate of drug-likeness (QED) is 0.831. The monoisotopic (exact) mass is 308 g/mol. The Hall–Kier alpha value is -1.06. The van der Waals surface area contributed by atoms with Gasteiger partial charge in [-0.2, -0.15) is 0 Å². The summed E-state index contributed by atoms with van der Waals surface area (Å²) in [5.41, 5.74) is 0.703. The smallest absolute Gasteiger partial charge is 0.253 e. The van der Waals surface area contributed by atoms with Gasteiger partial charge in [0.25, 0.3) is 5.91 Å². The van der Waals surface area contributed by atoms with Crippen molar-refractivity contribution in [3.05, 3.63) is 34.9 Å². The molecule has 4 heteroatoms. The third-order valence-corrected chi connectivity index (χ3v) is 4.57. The molecule has 1 aromatic rings. The topological polar surface area (TPSA) is 23.6 Å². The van der Waals surface area contributed by atoms with Gasteiger partial charge in [-0.05, 0) is 56.1 Å². The molecule has 1 aliphatic rings. The molecule has 1 heterocycles. The van der Waals surface area contributed by atoms with Crippen molar-refractivity contribution in [2.45, 2.75) is 32.7 Å². The molecule has 1 aromatic carbocycles. The highest BCUT2D eigenvalue weighted by molar-refractivity contribution is 6.30. The summed E-state index contributed by atoms with van der Waals surface area (Å²) in [5, 5.41) is 0.659. The Morgan fingerprint density at radius 3 is 2.33 bits per heavy atom. The predicted molar refractivity (Wildman–Crippen MR) is 87.8 cm³/mol. The summed E-state index contributed by atoms with van der Waals surface area (Å²) < 4.78 is 0. The highest BCUT2D eigenvalue weighted by Gasteiger charge is 2.27. The molecule has 1 amide bonds. The molecule has 1 fully saturated rings. The number of carbonyl (C=O) groups is 1. The first kappa shape index (κ1) is 16.3. The van der Waals surface area contributed by atoms with Crippen LogP contribution in [-0.4, -0.2) is 48.4 Å². The Morgan fingerprint density at radius 1 is 1.24 bits per heavy atom. The van der Waals surface area contributed by atoms with Crippen LogP contribution >= 0.6 is 11.6 Å². The third-order valence-electron chi connectivity index (χ3n) is 4.32. The van der Waals surface area contributed by atoms with Crippen LogP contribution in [0.4, 0.5) is 0 Å². The van der Waals surface area contributed by atoms with E-state index >= 15 is 0 Å². The van der Waals surface area contributed by atoms with Crippen molar-refractivity contribution in [3.63, 3.8) is 0 Å². The fourth-order valence-corrected chi connectivity index (χ4v) is 3.08. The average molecular weight is 309 g/mol. The van der Waals surface area contributed by atoms with Gasteiger partial charge in [0.2, 0.25) is 0 Å². The minimum Gasteiger partial charge on any atom is -0.337 e. The largest absolute Gasteiger partial charge is 0.337 e. The van der Waals surface area contributed by atoms with E-state index in [0.29, 0.717) is 16.5 Å². The van der Waals surface area contributed by atoms with E-state index in [4.69, 9.17) is 11.6 Å². The van der Waals surface area contributed by atoms with Crippen LogP contribution in [0.5, 0.6) is 0 Å². The molecule has 0 radical (unpaired) electrons. The van der Waals surface area contributed by atoms with Crippen molar-refractivity contribution in [1.82, 2.24) is 9.80 Å². The van der Waals surface area contributed by atoms with Crippen LogP contribution in [0.15, 0.2) is 24.3 Å². The number of nitrogens with zero attached hydrogens (tertiary/aromatic N) is 2. The molecule has 3 nitrogen and oxygen atoms in total. The molecule has 0 spiro atoms. The van der Waals surface area contributed by atoms with Crippen LogP contribution in [0.25, 0.3) is 0 Å². The summed E-state index contributed by atoms with van der Waals surface area (Å²) in [7, 11) is 1.91. The number of halogens is 1. The summed E-state index contributed by atoms with van der Waals surface area (Å²) in [4.78, 5) is 17.0. The number of amides is 1. The van der Waals surface area contributed by atoms with Gasteiger partial charge >= 0.3 is 0 Å². The van der Waals surface area contributed by atoms with Crippen LogP contribution in [0.3, 0.4) is 0 Å². The lowest BCUT2D eigenvalue weighted by atomic mass is 10.0. The van der Waals surface area contributed by atoms with Gasteiger partial charge in [-0.25, -0.2) is 0 Å². The standard InChI is InChI=1S/C17H25ClN2O/c1-13(2)16(12-20-10-4-5-11-20)19(3)17(21)14-6-8-15(18)9-7-14/h6-9,13,16H,4-5,10-12H2,1-3H3/t16-/m0/s1. The zero-order chi connectivity index (χ0) is 15.4. The minimum atomic E-state index is 0.0737. The Labute approximate surface area is 132 Å². The van der Waals surface area contributed by atoms with Crippen LogP contribution < -0.4 is 0 Å². The van der Waals surface area contributed by atoms with Crippen molar-refractivity contribution in [3.8, 4) is 0 Å². The molecule has 0 unspecified atom stereocenters. The molecule has 116 valence electrons. The van der Waals surface area contributed by atoms with Gasteiger partial charge in [-0.1, -0.05) is 25.4 Å². The number of likely N-dealkylation sites (N-methyl/N-ethyl adjacent to an activating group) is 1. The van der Waals surface area contributed by atoms with E-state index in [0.717, 1.165) is 19.6 Å². The summed E-state index contributed by atoms with van der Waals surface area (Å²) in [6, 6.07) is 7.38. The minimum absolute atomic E-state index is 0.0737. The highest BCUT2D eigenvalue weighted by atomic mass is 35.5. The van der Waals surface area contributed by atoms with Crippen LogP contribution in [0.2, 0.25) is 5.02 Å². The van der Waals surface area contributed by atoms with Gasteiger partial charge in [0.1, 0.15) is 0 Å². The molecule has 0 N–H and O–H groups in total. The van der Waals surface area contributed by atoms with Crippen LogP contribution in [-0.2, 0) is 0 Å². The molecular formula is C17H25ClN2O. The van der Waals surface area contributed by atoms with E-state index in [1.54, 1.807) is 24.3 Å². The van der Waals surface area contributed by atoms with Gasteiger partial charge in [0.15, 0.2) is 0 Å². The molecule has 0 aromatic heterocycles. The zero-order valence-electron chi connectivity index (χ0n) is 13.2. The summed E-state index contributed by atoms with van der Waals surface area (Å²) in [6.45, 7) is 7.66. The van der Waals surface area contributed by atoms with Crippen molar-refractivity contribution < 1.29 is 4.79 Å². The average Bonchev–Trinajstić information content (AvgIpc) is 2.97. The SMILES string of the molecule is CC(C)[C@H](CN1CCCC1)N(C)C(=O)c1ccc(Cl)cc1. The van der Waals surface area contributed by atoms with E-state index in [-0.39, 0.29) is 11.9 Å². The Balaban J connectivity index is 2.07. The fourth-order valence-electron chi connectivity index (χ4n) is 2.96. The lowest BCUT2D eigenvalue weighted by Crippen LogP contribution is -2.47. The van der Waals surface area contributed by atoms with Crippen molar-refractivity contribution in [1.29, 1.82) is 0 Å². The van der Waals surface area contributed by atoms with Crippen LogP contribution in [0.1, 0.15) is 37.0 Å². The van der Waals surface area contributed by atoms with Gasteiger partial charge in [-0.3, -0.25) is 4.79 Å². The maximum Gasteiger partial charge on any atom is 0.253 e. The lowest BCUT2D eigenvalue weighted by molar-refractivity contribution is 0.0641. The molecule has 1 atom stereocenters. The number of likely N-dealkylation sites (tertiary alicyclic amines) is 1. The Morgan fingerprint density at radius 2 is 1.81 bits per heavy atom. The number of carbonyl (C=O) groups excluding carboxylic acids is 1. The molecule has 1 aliphatic heterocycles. The molecule has 0 bridgehead atoms. The van der Waals surface area contributed by atoms with Crippen molar-refractivity contribution in [2.75, 3.05) is 26.7 Å². The predicted octanol–water partition coefficient (Wildman–Crippen LogP) is 3.53. The van der Waals surface area contributed by atoms with Crippen molar-refractivity contribution >= 4 is 17.5 Å². The lowest BCUT2D eigenvalue weighted by Gasteiger charge is -2.34. The second kappa shape index (κ2) is 7.28. The summed E-state index contributed by atoms with van der Waals surface area (Å²) in [6.07, 6.45) is 2.55. The number of rotatable bonds is 5. The number of hydrogen-bond donors (Lipinski definition) is 0. The van der Waals surface area contributed by atoms with E-state index in [9.17, 15) is 4.79 Å². The van der Waals surface area contributed by atoms with Gasteiger partial charge in [0, 0.05) is 30.2 Å². The van der Waals surface area contributed by atoms with E-state index in [1.807, 2.05) is 11.9 Å². The zero-order valence-corrected chi connectivity index (χ0v) is 13.9. The van der Waals surface area contributed by atoms with Gasteiger partial charge in [-0.15, -0.1) is 0 Å². The van der Waals surface area contributed by atoms with Crippen molar-refractivity contribution in [2.24, 2.45) is 5.92 Å². The van der Waals surface area contributed by atoms with Gasteiger partial charge < -0.3 is 9.80 Å².